The van der Waals surface area contributed by atoms with E-state index < -0.39 is 0 Å². The Bertz CT molecular complexity index is 538. The molecule has 0 amide bonds. The number of hydrogen-bond donors (Lipinski definition) is 1. The number of rotatable bonds is 5. The number of anilines is 1. The molecule has 1 atom stereocenters. The minimum absolute atomic E-state index is 0.177. The molecule has 19 heavy (non-hydrogen) atoms. The number of nitrogens with two attached hydrogens (primary N) is 1. The minimum Gasteiger partial charge on any atom is -0.495 e. The van der Waals surface area contributed by atoms with Gasteiger partial charge in [0.15, 0.2) is 0 Å². The summed E-state index contributed by atoms with van der Waals surface area (Å²) in [5.74, 6) is 0.873. The lowest BCUT2D eigenvalue weighted by atomic mass is 10.1. The second-order valence-corrected chi connectivity index (χ2v) is 5.45. The van der Waals surface area contributed by atoms with Crippen molar-refractivity contribution in [2.75, 3.05) is 25.6 Å². The van der Waals surface area contributed by atoms with Gasteiger partial charge in [0.25, 0.3) is 0 Å². The highest BCUT2D eigenvalue weighted by molar-refractivity contribution is 7.10. The Kier molecular flexibility index (Phi) is 4.45. The molecule has 1 aromatic heterocycles. The lowest BCUT2D eigenvalue weighted by molar-refractivity contribution is 0.413. The summed E-state index contributed by atoms with van der Waals surface area (Å²) in [6, 6.07) is 10.3. The van der Waals surface area contributed by atoms with Crippen LogP contribution in [-0.2, 0) is 0 Å². The Morgan fingerprint density at radius 1 is 1.32 bits per heavy atom. The van der Waals surface area contributed by atoms with Crippen LogP contribution in [0.15, 0.2) is 35.7 Å². The number of likely N-dealkylation sites (N-methyl/N-ethyl adjacent to an activating group) is 1. The van der Waals surface area contributed by atoms with E-state index in [1.807, 2.05) is 18.2 Å². The molecule has 1 unspecified atom stereocenters. The molecular formula is C15H20N2OS. The van der Waals surface area contributed by atoms with Gasteiger partial charge in [0.05, 0.1) is 18.8 Å². The molecule has 102 valence electrons. The van der Waals surface area contributed by atoms with E-state index in [1.165, 1.54) is 10.4 Å². The number of aryl methyl sites for hydroxylation is 1. The van der Waals surface area contributed by atoms with Crippen molar-refractivity contribution in [1.29, 1.82) is 0 Å². The summed E-state index contributed by atoms with van der Waals surface area (Å²) >= 11 is 1.76. The highest BCUT2D eigenvalue weighted by Crippen LogP contribution is 2.35. The van der Waals surface area contributed by atoms with Crippen LogP contribution in [0.4, 0.5) is 5.69 Å². The molecule has 4 heteroatoms. The van der Waals surface area contributed by atoms with E-state index in [2.05, 4.69) is 36.4 Å². The molecule has 2 rings (SSSR count). The van der Waals surface area contributed by atoms with Gasteiger partial charge in [0.2, 0.25) is 0 Å². The van der Waals surface area contributed by atoms with E-state index in [0.717, 1.165) is 11.4 Å². The first-order chi connectivity index (χ1) is 9.19. The van der Waals surface area contributed by atoms with Crippen LogP contribution in [0, 0.1) is 6.92 Å². The molecule has 2 N–H and O–H groups in total. The van der Waals surface area contributed by atoms with Gasteiger partial charge in [0, 0.05) is 18.5 Å². The molecule has 0 radical (unpaired) electrons. The first-order valence-electron chi connectivity index (χ1n) is 6.29. The van der Waals surface area contributed by atoms with Crippen LogP contribution < -0.4 is 15.4 Å². The van der Waals surface area contributed by atoms with Crippen molar-refractivity contribution in [3.05, 3.63) is 46.2 Å². The van der Waals surface area contributed by atoms with Gasteiger partial charge in [-0.25, -0.2) is 0 Å². The highest BCUT2D eigenvalue weighted by atomic mass is 32.1. The molecule has 3 nitrogen and oxygen atoms in total. The van der Waals surface area contributed by atoms with Crippen molar-refractivity contribution in [3.63, 3.8) is 0 Å². The normalized spacial score (nSPS) is 12.2. The van der Waals surface area contributed by atoms with Gasteiger partial charge >= 0.3 is 0 Å². The van der Waals surface area contributed by atoms with Crippen LogP contribution in [0.1, 0.15) is 16.5 Å². The summed E-state index contributed by atoms with van der Waals surface area (Å²) in [5.41, 5.74) is 8.34. The SMILES string of the molecule is COc1ccccc1N(C)C(CN)c1sccc1C. The standard InChI is InChI=1S/C15H20N2OS/c1-11-8-9-19-15(11)13(10-16)17(2)12-6-4-5-7-14(12)18-3/h4-9,13H,10,16H2,1-3H3. The zero-order valence-electron chi connectivity index (χ0n) is 11.6. The van der Waals surface area contributed by atoms with Gasteiger partial charge in [-0.2, -0.15) is 0 Å². The molecule has 1 heterocycles. The van der Waals surface area contributed by atoms with Crippen LogP contribution in [0.3, 0.4) is 0 Å². The number of hydrogen-bond acceptors (Lipinski definition) is 4. The summed E-state index contributed by atoms with van der Waals surface area (Å²) < 4.78 is 5.43. The van der Waals surface area contributed by atoms with Crippen LogP contribution in [0.2, 0.25) is 0 Å². The maximum atomic E-state index is 5.99. The number of benzene rings is 1. The van der Waals surface area contributed by atoms with Gasteiger partial charge in [0.1, 0.15) is 5.75 Å². The lowest BCUT2D eigenvalue weighted by Gasteiger charge is -2.30. The molecule has 0 aliphatic rings. The summed E-state index contributed by atoms with van der Waals surface area (Å²) in [5, 5.41) is 2.11. The quantitative estimate of drug-likeness (QED) is 0.911. The van der Waals surface area contributed by atoms with Crippen LogP contribution in [-0.4, -0.2) is 20.7 Å². The number of para-hydroxylation sites is 2. The second-order valence-electron chi connectivity index (χ2n) is 4.50. The van der Waals surface area contributed by atoms with Crippen molar-refractivity contribution >= 4 is 17.0 Å². The van der Waals surface area contributed by atoms with Crippen molar-refractivity contribution in [1.82, 2.24) is 0 Å². The van der Waals surface area contributed by atoms with E-state index >= 15 is 0 Å². The fraction of sp³-hybridized carbons (Fsp3) is 0.333. The first kappa shape index (κ1) is 13.9. The number of ether oxygens (including phenoxy) is 1. The topological polar surface area (TPSA) is 38.5 Å². The van der Waals surface area contributed by atoms with Crippen LogP contribution >= 0.6 is 11.3 Å². The Balaban J connectivity index is 2.36. The fourth-order valence-corrected chi connectivity index (χ4v) is 3.34. The van der Waals surface area contributed by atoms with Crippen molar-refractivity contribution in [2.24, 2.45) is 5.73 Å². The number of methoxy groups -OCH3 is 1. The molecule has 0 aliphatic carbocycles. The monoisotopic (exact) mass is 276 g/mol. The van der Waals surface area contributed by atoms with Crippen LogP contribution in [0.5, 0.6) is 5.75 Å². The molecule has 0 spiro atoms. The van der Waals surface area contributed by atoms with Gasteiger partial charge in [-0.05, 0) is 36.1 Å². The fourth-order valence-electron chi connectivity index (χ4n) is 2.26. The van der Waals surface area contributed by atoms with Gasteiger partial charge in [-0.15, -0.1) is 11.3 Å². The summed E-state index contributed by atoms with van der Waals surface area (Å²) in [7, 11) is 3.76. The van der Waals surface area contributed by atoms with E-state index in [4.69, 9.17) is 10.5 Å². The van der Waals surface area contributed by atoms with E-state index in [-0.39, 0.29) is 6.04 Å². The van der Waals surface area contributed by atoms with E-state index in [1.54, 1.807) is 18.4 Å². The molecule has 0 fully saturated rings. The predicted octanol–water partition coefficient (Wildman–Crippen LogP) is 3.20. The highest BCUT2D eigenvalue weighted by Gasteiger charge is 2.21. The van der Waals surface area contributed by atoms with Gasteiger partial charge in [-0.3, -0.25) is 0 Å². The second kappa shape index (κ2) is 6.08. The van der Waals surface area contributed by atoms with Crippen LogP contribution in [0.25, 0.3) is 0 Å². The van der Waals surface area contributed by atoms with Crippen molar-refractivity contribution in [2.45, 2.75) is 13.0 Å². The smallest absolute Gasteiger partial charge is 0.142 e. The van der Waals surface area contributed by atoms with Gasteiger partial charge in [-0.1, -0.05) is 12.1 Å². The summed E-state index contributed by atoms with van der Waals surface area (Å²) in [4.78, 5) is 3.51. The summed E-state index contributed by atoms with van der Waals surface area (Å²) in [6.45, 7) is 2.71. The average Bonchev–Trinajstić information content (AvgIpc) is 2.86. The van der Waals surface area contributed by atoms with E-state index in [0.29, 0.717) is 6.54 Å². The van der Waals surface area contributed by atoms with Gasteiger partial charge < -0.3 is 15.4 Å². The molecule has 1 aromatic carbocycles. The maximum absolute atomic E-state index is 5.99. The third kappa shape index (κ3) is 2.74. The molecule has 0 saturated heterocycles. The zero-order valence-corrected chi connectivity index (χ0v) is 12.4. The predicted molar refractivity (Wildman–Crippen MR) is 82.2 cm³/mol. The lowest BCUT2D eigenvalue weighted by Crippen LogP contribution is -2.30. The molecule has 0 bridgehead atoms. The Morgan fingerprint density at radius 2 is 2.05 bits per heavy atom. The molecule has 0 aliphatic heterocycles. The number of nitrogens with zero attached hydrogens (tertiary/aromatic N) is 1. The molecular weight excluding hydrogens is 256 g/mol. The molecule has 0 saturated carbocycles. The molecule has 2 aromatic rings. The Hall–Kier alpha value is -1.52. The van der Waals surface area contributed by atoms with E-state index in [9.17, 15) is 0 Å². The third-order valence-corrected chi connectivity index (χ3v) is 4.48. The maximum Gasteiger partial charge on any atom is 0.142 e. The first-order valence-corrected chi connectivity index (χ1v) is 7.17. The summed E-state index contributed by atoms with van der Waals surface area (Å²) in [6.07, 6.45) is 0. The third-order valence-electron chi connectivity index (χ3n) is 3.36. The minimum atomic E-state index is 0.177. The van der Waals surface area contributed by atoms with Crippen molar-refractivity contribution in [3.8, 4) is 5.75 Å². The average molecular weight is 276 g/mol. The largest absolute Gasteiger partial charge is 0.495 e. The zero-order chi connectivity index (χ0) is 13.8. The Morgan fingerprint density at radius 3 is 2.63 bits per heavy atom. The van der Waals surface area contributed by atoms with Crippen molar-refractivity contribution < 1.29 is 4.74 Å². The Labute approximate surface area is 118 Å². The number of thiophene rings is 1.